The molecule has 3 N–H and O–H groups in total. The minimum atomic E-state index is -4.08. The van der Waals surface area contributed by atoms with Gasteiger partial charge in [0.2, 0.25) is 9.84 Å². The molecule has 0 radical (unpaired) electrons. The zero-order valence-electron chi connectivity index (χ0n) is 22.7. The number of halogens is 4. The molecule has 44 heavy (non-hydrogen) atoms. The maximum Gasteiger partial charge on any atom is 0.328 e. The van der Waals surface area contributed by atoms with Crippen molar-refractivity contribution in [3.8, 4) is 0 Å². The SMILES string of the molecule is COC(=O)C(Cc1ccc(NC(=O)c2c(Cl)cccc2Cl)cc1)NC(=O)Nc1cc(Cl)ccc1S(=O)(=O)c1ccc(Cl)cc1. The van der Waals surface area contributed by atoms with Crippen LogP contribution in [0, 0.1) is 0 Å². The highest BCUT2D eigenvalue weighted by Crippen LogP contribution is 2.31. The Morgan fingerprint density at radius 2 is 1.41 bits per heavy atom. The van der Waals surface area contributed by atoms with E-state index < -0.39 is 33.8 Å². The maximum atomic E-state index is 13.3. The molecule has 0 saturated heterocycles. The van der Waals surface area contributed by atoms with Crippen molar-refractivity contribution in [1.82, 2.24) is 5.32 Å². The summed E-state index contributed by atoms with van der Waals surface area (Å²) in [5.41, 5.74) is 1.07. The lowest BCUT2D eigenvalue weighted by Crippen LogP contribution is -2.45. The summed E-state index contributed by atoms with van der Waals surface area (Å²) < 4.78 is 31.5. The van der Waals surface area contributed by atoms with Crippen molar-refractivity contribution < 1.29 is 27.5 Å². The molecule has 0 aliphatic carbocycles. The van der Waals surface area contributed by atoms with Crippen molar-refractivity contribution in [3.05, 3.63) is 116 Å². The lowest BCUT2D eigenvalue weighted by molar-refractivity contribution is -0.142. The highest BCUT2D eigenvalue weighted by atomic mass is 35.5. The number of hydrogen-bond donors (Lipinski definition) is 3. The fraction of sp³-hybridized carbons (Fsp3) is 0.100. The van der Waals surface area contributed by atoms with Gasteiger partial charge in [-0.1, -0.05) is 64.6 Å². The second-order valence-electron chi connectivity index (χ2n) is 9.22. The number of carbonyl (C=O) groups excluding carboxylic acids is 3. The van der Waals surface area contributed by atoms with Crippen LogP contribution in [0.4, 0.5) is 16.2 Å². The summed E-state index contributed by atoms with van der Waals surface area (Å²) in [4.78, 5) is 38.0. The van der Waals surface area contributed by atoms with Gasteiger partial charge in [-0.3, -0.25) is 4.79 Å². The van der Waals surface area contributed by atoms with E-state index in [2.05, 4.69) is 16.0 Å². The highest BCUT2D eigenvalue weighted by Gasteiger charge is 2.26. The molecule has 0 fully saturated rings. The van der Waals surface area contributed by atoms with Gasteiger partial charge in [0.1, 0.15) is 6.04 Å². The Morgan fingerprint density at radius 3 is 2.02 bits per heavy atom. The molecular weight excluding hydrogens is 672 g/mol. The molecule has 0 aliphatic rings. The molecule has 3 amide bonds. The van der Waals surface area contributed by atoms with Crippen LogP contribution in [0.5, 0.6) is 0 Å². The van der Waals surface area contributed by atoms with Crippen molar-refractivity contribution >= 4 is 85.5 Å². The number of ether oxygens (including phenoxy) is 1. The van der Waals surface area contributed by atoms with Crippen molar-refractivity contribution in [2.45, 2.75) is 22.3 Å². The molecule has 0 aliphatic heterocycles. The van der Waals surface area contributed by atoms with Crippen molar-refractivity contribution in [2.75, 3.05) is 17.7 Å². The van der Waals surface area contributed by atoms with Crippen molar-refractivity contribution in [2.24, 2.45) is 0 Å². The normalized spacial score (nSPS) is 11.8. The van der Waals surface area contributed by atoms with Gasteiger partial charge < -0.3 is 20.7 Å². The quantitative estimate of drug-likeness (QED) is 0.158. The Kier molecular flexibility index (Phi) is 10.8. The average Bonchev–Trinajstić information content (AvgIpc) is 2.97. The third kappa shape index (κ3) is 8.02. The van der Waals surface area contributed by atoms with E-state index in [-0.39, 0.29) is 42.5 Å². The first-order chi connectivity index (χ1) is 20.9. The number of methoxy groups -OCH3 is 1. The van der Waals surface area contributed by atoms with Gasteiger partial charge in [-0.25, -0.2) is 18.0 Å². The number of esters is 1. The number of carbonyl (C=O) groups is 3. The topological polar surface area (TPSA) is 131 Å². The van der Waals surface area contributed by atoms with E-state index >= 15 is 0 Å². The number of rotatable bonds is 9. The van der Waals surface area contributed by atoms with E-state index in [1.165, 1.54) is 49.6 Å². The number of benzene rings is 4. The zero-order chi connectivity index (χ0) is 32.0. The van der Waals surface area contributed by atoms with Crippen molar-refractivity contribution in [1.29, 1.82) is 0 Å². The minimum absolute atomic E-state index is 0.0101. The third-order valence-corrected chi connectivity index (χ3v) is 9.18. The molecule has 9 nitrogen and oxygen atoms in total. The maximum absolute atomic E-state index is 13.3. The van der Waals surface area contributed by atoms with E-state index in [1.54, 1.807) is 42.5 Å². The summed E-state index contributed by atoms with van der Waals surface area (Å²) in [7, 11) is -2.91. The Labute approximate surface area is 273 Å². The minimum Gasteiger partial charge on any atom is -0.467 e. The van der Waals surface area contributed by atoms with Gasteiger partial charge in [-0.05, 0) is 72.3 Å². The van der Waals surface area contributed by atoms with Gasteiger partial charge in [0.05, 0.1) is 38.2 Å². The number of anilines is 2. The summed E-state index contributed by atoms with van der Waals surface area (Å²) in [6.45, 7) is 0. The van der Waals surface area contributed by atoms with E-state index in [0.29, 0.717) is 16.3 Å². The van der Waals surface area contributed by atoms with Gasteiger partial charge >= 0.3 is 12.0 Å². The standard InChI is InChI=1S/C30H23Cl4N3O6S/c1-43-29(39)25(15-17-5-10-20(11-6-17)35-28(38)27-22(33)3-2-4-23(27)34)37-30(40)36-24-16-19(32)9-14-26(24)44(41,42)21-12-7-18(31)8-13-21/h2-14,16,25H,15H2,1H3,(H,35,38)(H2,36,37,40). The van der Waals surface area contributed by atoms with Crippen LogP contribution in [0.1, 0.15) is 15.9 Å². The predicted molar refractivity (Wildman–Crippen MR) is 171 cm³/mol. The summed E-state index contributed by atoms with van der Waals surface area (Å²) in [5.74, 6) is -1.25. The molecule has 228 valence electrons. The van der Waals surface area contributed by atoms with Gasteiger partial charge in [0, 0.05) is 22.2 Å². The molecule has 1 unspecified atom stereocenters. The first-order valence-electron chi connectivity index (χ1n) is 12.7. The molecule has 14 heteroatoms. The molecule has 0 bridgehead atoms. The van der Waals surface area contributed by atoms with Crippen LogP contribution in [-0.4, -0.2) is 39.5 Å². The number of hydrogen-bond acceptors (Lipinski definition) is 6. The van der Waals surface area contributed by atoms with Gasteiger partial charge in [-0.2, -0.15) is 0 Å². The molecule has 4 aromatic carbocycles. The van der Waals surface area contributed by atoms with E-state index in [0.717, 1.165) is 0 Å². The number of sulfone groups is 1. The molecule has 4 rings (SSSR count). The number of urea groups is 1. The van der Waals surface area contributed by atoms with Crippen LogP contribution in [0.3, 0.4) is 0 Å². The van der Waals surface area contributed by atoms with E-state index in [1.807, 2.05) is 0 Å². The summed E-state index contributed by atoms with van der Waals surface area (Å²) in [6, 6.07) is 18.6. The van der Waals surface area contributed by atoms with Crippen LogP contribution in [-0.2, 0) is 25.8 Å². The largest absolute Gasteiger partial charge is 0.467 e. The van der Waals surface area contributed by atoms with Gasteiger partial charge in [0.25, 0.3) is 5.91 Å². The lowest BCUT2D eigenvalue weighted by atomic mass is 10.1. The average molecular weight is 695 g/mol. The smallest absolute Gasteiger partial charge is 0.328 e. The number of amides is 3. The Hall–Kier alpha value is -3.80. The van der Waals surface area contributed by atoms with Gasteiger partial charge in [0.15, 0.2) is 0 Å². The van der Waals surface area contributed by atoms with Crippen LogP contribution >= 0.6 is 46.4 Å². The first kappa shape index (κ1) is 33.1. The third-order valence-electron chi connectivity index (χ3n) is 6.24. The fourth-order valence-electron chi connectivity index (χ4n) is 4.10. The summed E-state index contributed by atoms with van der Waals surface area (Å²) >= 11 is 24.2. The fourth-order valence-corrected chi connectivity index (χ4v) is 6.36. The Bertz CT molecular complexity index is 1800. The predicted octanol–water partition coefficient (Wildman–Crippen LogP) is 7.29. The van der Waals surface area contributed by atoms with Crippen LogP contribution in [0.15, 0.2) is 94.7 Å². The summed E-state index contributed by atoms with van der Waals surface area (Å²) in [5, 5.41) is 8.61. The zero-order valence-corrected chi connectivity index (χ0v) is 26.6. The molecule has 0 heterocycles. The van der Waals surface area contributed by atoms with Crippen LogP contribution < -0.4 is 16.0 Å². The molecule has 0 saturated carbocycles. The molecular formula is C30H23Cl4N3O6S. The Morgan fingerprint density at radius 1 is 0.795 bits per heavy atom. The van der Waals surface area contributed by atoms with E-state index in [9.17, 15) is 22.8 Å². The highest BCUT2D eigenvalue weighted by molar-refractivity contribution is 7.91. The van der Waals surface area contributed by atoms with Crippen molar-refractivity contribution in [3.63, 3.8) is 0 Å². The molecule has 0 spiro atoms. The second-order valence-corrected chi connectivity index (χ2v) is 12.8. The molecule has 1 atom stereocenters. The lowest BCUT2D eigenvalue weighted by Gasteiger charge is -2.18. The molecule has 4 aromatic rings. The molecule has 0 aromatic heterocycles. The van der Waals surface area contributed by atoms with E-state index in [4.69, 9.17) is 51.1 Å². The van der Waals surface area contributed by atoms with Crippen LogP contribution in [0.2, 0.25) is 20.1 Å². The second kappa shape index (κ2) is 14.3. The monoisotopic (exact) mass is 693 g/mol. The van der Waals surface area contributed by atoms with Gasteiger partial charge in [-0.15, -0.1) is 0 Å². The number of nitrogens with one attached hydrogen (secondary N) is 3. The Balaban J connectivity index is 1.48. The van der Waals surface area contributed by atoms with Crippen LogP contribution in [0.25, 0.3) is 0 Å². The first-order valence-corrected chi connectivity index (χ1v) is 15.7. The summed E-state index contributed by atoms with van der Waals surface area (Å²) in [6.07, 6.45) is 0.0101.